The molecule has 4 aromatic carbocycles. The van der Waals surface area contributed by atoms with Crippen LogP contribution in [0.5, 0.6) is 0 Å². The smallest absolute Gasteiger partial charge is 0.251 e. The first kappa shape index (κ1) is 29.3. The van der Waals surface area contributed by atoms with Gasteiger partial charge in [0.2, 0.25) is 5.91 Å². The summed E-state index contributed by atoms with van der Waals surface area (Å²) in [6.07, 6.45) is 1.16. The highest BCUT2D eigenvalue weighted by molar-refractivity contribution is 5.95. The summed E-state index contributed by atoms with van der Waals surface area (Å²) in [5.41, 5.74) is 12.9. The van der Waals surface area contributed by atoms with Gasteiger partial charge in [-0.3, -0.25) is 9.59 Å². The van der Waals surface area contributed by atoms with Gasteiger partial charge >= 0.3 is 0 Å². The summed E-state index contributed by atoms with van der Waals surface area (Å²) in [4.78, 5) is 24.6. The molecule has 2 amide bonds. The summed E-state index contributed by atoms with van der Waals surface area (Å²) in [6.45, 7) is 5.73. The molecule has 0 fully saturated rings. The summed E-state index contributed by atoms with van der Waals surface area (Å²) >= 11 is 0. The van der Waals surface area contributed by atoms with Gasteiger partial charge < -0.3 is 21.5 Å². The molecule has 6 heteroatoms. The fraction of sp³-hybridized carbons (Fsp3) is 0.200. The van der Waals surface area contributed by atoms with Gasteiger partial charge in [-0.05, 0) is 64.4 Å². The average Bonchev–Trinajstić information content (AvgIpc) is 2.99. The van der Waals surface area contributed by atoms with E-state index in [2.05, 4.69) is 17.2 Å². The molecule has 0 saturated heterocycles. The first-order valence-electron chi connectivity index (χ1n) is 13.8. The number of carbonyl (C=O) groups is 2. The summed E-state index contributed by atoms with van der Waals surface area (Å²) in [7, 11) is 0. The molecule has 0 bridgehead atoms. The Morgan fingerprint density at radius 1 is 0.780 bits per heavy atom. The van der Waals surface area contributed by atoms with Crippen LogP contribution in [0.15, 0.2) is 110 Å². The molecule has 2 unspecified atom stereocenters. The van der Waals surface area contributed by atoms with E-state index in [1.54, 1.807) is 0 Å². The number of hydrogen-bond donors (Lipinski definition) is 4. The lowest BCUT2D eigenvalue weighted by molar-refractivity contribution is -0.119. The van der Waals surface area contributed by atoms with Crippen LogP contribution < -0.4 is 16.4 Å². The molecule has 5 N–H and O–H groups in total. The van der Waals surface area contributed by atoms with Gasteiger partial charge in [-0.1, -0.05) is 91.5 Å². The van der Waals surface area contributed by atoms with Gasteiger partial charge in [0.15, 0.2) is 0 Å². The Morgan fingerprint density at radius 3 is 2.02 bits per heavy atom. The molecule has 41 heavy (non-hydrogen) atoms. The van der Waals surface area contributed by atoms with E-state index in [9.17, 15) is 14.7 Å². The van der Waals surface area contributed by atoms with Crippen LogP contribution in [0.4, 0.5) is 0 Å². The summed E-state index contributed by atoms with van der Waals surface area (Å²) in [6, 6.07) is 33.0. The molecule has 210 valence electrons. The predicted molar refractivity (Wildman–Crippen MR) is 165 cm³/mol. The minimum absolute atomic E-state index is 0.0636. The molecule has 0 aromatic heterocycles. The predicted octanol–water partition coefficient (Wildman–Crippen LogP) is 5.11. The number of benzene rings is 4. The van der Waals surface area contributed by atoms with Gasteiger partial charge in [-0.25, -0.2) is 0 Å². The highest BCUT2D eigenvalue weighted by Gasteiger charge is 2.24. The normalized spacial score (nSPS) is 12.2. The second-order valence-electron chi connectivity index (χ2n) is 10.3. The van der Waals surface area contributed by atoms with E-state index in [1.165, 1.54) is 6.92 Å². The standard InChI is InChI=1S/C35H37N3O3/c1-24(36)32-10-6-9-28(19-32)20-33(23-39)34(21-26-7-4-3-5-8-26)38-35(41)31-17-15-30(16-18-31)29-13-11-27(12-14-29)22-37-25(2)40/h3-19,33-34,39H,1,20-23,36H2,2H3,(H,37,40)(H,38,41). The van der Waals surface area contributed by atoms with Gasteiger partial charge in [0.25, 0.3) is 5.91 Å². The Morgan fingerprint density at radius 2 is 1.41 bits per heavy atom. The lowest BCUT2D eigenvalue weighted by Crippen LogP contribution is -2.44. The van der Waals surface area contributed by atoms with Crippen molar-refractivity contribution in [2.75, 3.05) is 6.61 Å². The van der Waals surface area contributed by atoms with Crippen LogP contribution in [0.1, 0.15) is 39.5 Å². The quantitative estimate of drug-likeness (QED) is 0.198. The fourth-order valence-corrected chi connectivity index (χ4v) is 4.85. The Bertz CT molecular complexity index is 1470. The molecule has 4 rings (SSSR count). The number of amides is 2. The van der Waals surface area contributed by atoms with Gasteiger partial charge in [0.05, 0.1) is 0 Å². The monoisotopic (exact) mass is 547 g/mol. The van der Waals surface area contributed by atoms with Gasteiger partial charge in [-0.15, -0.1) is 0 Å². The van der Waals surface area contributed by atoms with Crippen molar-refractivity contribution >= 4 is 17.5 Å². The molecule has 0 aliphatic heterocycles. The third kappa shape index (κ3) is 8.40. The third-order valence-corrected chi connectivity index (χ3v) is 7.19. The third-order valence-electron chi connectivity index (χ3n) is 7.19. The van der Waals surface area contributed by atoms with Crippen LogP contribution in [-0.2, 0) is 24.2 Å². The van der Waals surface area contributed by atoms with E-state index >= 15 is 0 Å². The van der Waals surface area contributed by atoms with Crippen molar-refractivity contribution in [1.29, 1.82) is 0 Å². The summed E-state index contributed by atoms with van der Waals surface area (Å²) in [5, 5.41) is 16.4. The maximum Gasteiger partial charge on any atom is 0.251 e. The Balaban J connectivity index is 1.50. The summed E-state index contributed by atoms with van der Waals surface area (Å²) < 4.78 is 0. The molecule has 0 heterocycles. The van der Waals surface area contributed by atoms with Gasteiger partial charge in [-0.2, -0.15) is 0 Å². The topological polar surface area (TPSA) is 104 Å². The molecule has 0 aliphatic carbocycles. The number of carbonyl (C=O) groups excluding carboxylic acids is 2. The Kier molecular flexibility index (Phi) is 10.1. The van der Waals surface area contributed by atoms with Crippen LogP contribution in [0.25, 0.3) is 16.8 Å². The zero-order valence-corrected chi connectivity index (χ0v) is 23.3. The van der Waals surface area contributed by atoms with Crippen LogP contribution in [-0.4, -0.2) is 29.6 Å². The molecule has 4 aromatic rings. The van der Waals surface area contributed by atoms with E-state index < -0.39 is 0 Å². The first-order chi connectivity index (χ1) is 19.8. The van der Waals surface area contributed by atoms with Crippen LogP contribution in [0.3, 0.4) is 0 Å². The van der Waals surface area contributed by atoms with Gasteiger partial charge in [0.1, 0.15) is 0 Å². The largest absolute Gasteiger partial charge is 0.399 e. The van der Waals surface area contributed by atoms with E-state index in [0.717, 1.165) is 33.4 Å². The molecule has 0 aliphatic rings. The SMILES string of the molecule is C=C(N)c1cccc(CC(CO)C(Cc2ccccc2)NC(=O)c2ccc(-c3ccc(CNC(C)=O)cc3)cc2)c1. The molecule has 0 radical (unpaired) electrons. The average molecular weight is 548 g/mol. The zero-order valence-electron chi connectivity index (χ0n) is 23.3. The molecule has 6 nitrogen and oxygen atoms in total. The number of hydrogen-bond acceptors (Lipinski definition) is 4. The number of nitrogens with two attached hydrogens (primary N) is 1. The maximum atomic E-state index is 13.4. The van der Waals surface area contributed by atoms with Crippen molar-refractivity contribution in [2.24, 2.45) is 11.7 Å². The van der Waals surface area contributed by atoms with Crippen LogP contribution in [0.2, 0.25) is 0 Å². The van der Waals surface area contributed by atoms with Crippen molar-refractivity contribution in [3.8, 4) is 11.1 Å². The zero-order chi connectivity index (χ0) is 29.2. The Hall–Kier alpha value is -4.68. The summed E-state index contributed by atoms with van der Waals surface area (Å²) in [5.74, 6) is -0.465. The Labute approximate surface area is 241 Å². The first-order valence-corrected chi connectivity index (χ1v) is 13.8. The molecule has 0 spiro atoms. The number of rotatable bonds is 12. The molecule has 2 atom stereocenters. The van der Waals surface area contributed by atoms with E-state index in [4.69, 9.17) is 5.73 Å². The van der Waals surface area contributed by atoms with E-state index in [0.29, 0.717) is 30.6 Å². The van der Waals surface area contributed by atoms with Crippen molar-refractivity contribution < 1.29 is 14.7 Å². The minimum atomic E-state index is -0.296. The lowest BCUT2D eigenvalue weighted by Gasteiger charge is -2.27. The molecular formula is C35H37N3O3. The number of aliphatic hydroxyl groups is 1. The number of nitrogens with one attached hydrogen (secondary N) is 2. The van der Waals surface area contributed by atoms with Crippen LogP contribution >= 0.6 is 0 Å². The lowest BCUT2D eigenvalue weighted by atomic mass is 9.88. The molecular weight excluding hydrogens is 510 g/mol. The maximum absolute atomic E-state index is 13.4. The van der Waals surface area contributed by atoms with Crippen molar-refractivity contribution in [1.82, 2.24) is 10.6 Å². The molecule has 0 saturated carbocycles. The van der Waals surface area contributed by atoms with Crippen molar-refractivity contribution in [2.45, 2.75) is 32.4 Å². The van der Waals surface area contributed by atoms with Crippen molar-refractivity contribution in [3.05, 3.63) is 138 Å². The second kappa shape index (κ2) is 14.1. The van der Waals surface area contributed by atoms with Crippen LogP contribution in [0, 0.1) is 5.92 Å². The second-order valence-corrected chi connectivity index (χ2v) is 10.3. The fourth-order valence-electron chi connectivity index (χ4n) is 4.85. The van der Waals surface area contributed by atoms with E-state index in [1.807, 2.05) is 103 Å². The van der Waals surface area contributed by atoms with Crippen molar-refractivity contribution in [3.63, 3.8) is 0 Å². The van der Waals surface area contributed by atoms with Gasteiger partial charge in [0, 0.05) is 43.3 Å². The highest BCUT2D eigenvalue weighted by atomic mass is 16.3. The highest BCUT2D eigenvalue weighted by Crippen LogP contribution is 2.22. The van der Waals surface area contributed by atoms with E-state index in [-0.39, 0.29) is 30.4 Å². The minimum Gasteiger partial charge on any atom is -0.399 e. The number of aliphatic hydroxyl groups excluding tert-OH is 1.